The Hall–Kier alpha value is -1.65. The van der Waals surface area contributed by atoms with E-state index >= 15 is 0 Å². The summed E-state index contributed by atoms with van der Waals surface area (Å²) in [6, 6.07) is 10.8. The molecule has 4 heteroatoms. The Labute approximate surface area is 168 Å². The molecule has 146 valence electrons. The molecule has 0 atom stereocenters. The normalized spacial score (nSPS) is 15.8. The van der Waals surface area contributed by atoms with Gasteiger partial charge in [-0.25, -0.2) is 0 Å². The fraction of sp³-hybridized carbons (Fsp3) is 0.522. The van der Waals surface area contributed by atoms with Gasteiger partial charge in [0.15, 0.2) is 0 Å². The van der Waals surface area contributed by atoms with Crippen molar-refractivity contribution in [1.82, 2.24) is 9.80 Å². The highest BCUT2D eigenvalue weighted by Crippen LogP contribution is 2.20. The topological polar surface area (TPSA) is 23.6 Å². The minimum absolute atomic E-state index is 0.276. The van der Waals surface area contributed by atoms with Gasteiger partial charge in [0.1, 0.15) is 0 Å². The Balaban J connectivity index is 1.41. The van der Waals surface area contributed by atoms with E-state index in [9.17, 15) is 4.79 Å². The lowest BCUT2D eigenvalue weighted by Gasteiger charge is -2.34. The molecule has 3 nitrogen and oxygen atoms in total. The molecule has 2 aromatic rings. The first-order valence-corrected chi connectivity index (χ1v) is 11.2. The molecule has 0 bridgehead atoms. The van der Waals surface area contributed by atoms with E-state index in [-0.39, 0.29) is 5.91 Å². The second kappa shape index (κ2) is 10.0. The van der Waals surface area contributed by atoms with Crippen molar-refractivity contribution in [3.05, 3.63) is 57.8 Å². The van der Waals surface area contributed by atoms with Gasteiger partial charge >= 0.3 is 0 Å². The summed E-state index contributed by atoms with van der Waals surface area (Å²) in [5.74, 6) is 0.920. The maximum atomic E-state index is 12.6. The Morgan fingerprint density at radius 2 is 2.00 bits per heavy atom. The fourth-order valence-corrected chi connectivity index (χ4v) is 4.63. The van der Waals surface area contributed by atoms with Crippen molar-refractivity contribution >= 4 is 17.2 Å². The van der Waals surface area contributed by atoms with Gasteiger partial charge in [0.05, 0.1) is 6.42 Å². The van der Waals surface area contributed by atoms with Crippen molar-refractivity contribution in [3.63, 3.8) is 0 Å². The van der Waals surface area contributed by atoms with Crippen molar-refractivity contribution in [2.45, 2.75) is 39.5 Å². The zero-order chi connectivity index (χ0) is 19.1. The number of hydrogen-bond donors (Lipinski definition) is 0. The molecule has 0 unspecified atom stereocenters. The number of amides is 1. The Morgan fingerprint density at radius 3 is 2.67 bits per heavy atom. The number of thiophene rings is 1. The molecule has 3 rings (SSSR count). The standard InChI is InChI=1S/C23H32N2OS/c1-3-25(23(26)16-21-11-15-27-18-21)17-20-8-12-24(13-9-20)14-10-22-7-5-4-6-19(22)2/h4-7,11,15,18,20H,3,8-10,12-14,16-17H2,1-2H3. The van der Waals surface area contributed by atoms with E-state index in [4.69, 9.17) is 0 Å². The van der Waals surface area contributed by atoms with Crippen LogP contribution in [0, 0.1) is 12.8 Å². The molecule has 0 aliphatic carbocycles. The van der Waals surface area contributed by atoms with Crippen LogP contribution >= 0.6 is 11.3 Å². The van der Waals surface area contributed by atoms with Crippen LogP contribution < -0.4 is 0 Å². The minimum atomic E-state index is 0.276. The smallest absolute Gasteiger partial charge is 0.227 e. The average Bonchev–Trinajstić information content (AvgIpc) is 3.19. The summed E-state index contributed by atoms with van der Waals surface area (Å²) in [7, 11) is 0. The van der Waals surface area contributed by atoms with Gasteiger partial charge in [-0.1, -0.05) is 24.3 Å². The van der Waals surface area contributed by atoms with Crippen LogP contribution in [0.1, 0.15) is 36.5 Å². The van der Waals surface area contributed by atoms with E-state index in [1.807, 2.05) is 5.38 Å². The molecule has 1 aliphatic rings. The maximum Gasteiger partial charge on any atom is 0.227 e. The molecule has 27 heavy (non-hydrogen) atoms. The van der Waals surface area contributed by atoms with Crippen LogP contribution in [0.4, 0.5) is 0 Å². The number of likely N-dealkylation sites (tertiary alicyclic amines) is 1. The largest absolute Gasteiger partial charge is 0.342 e. The fourth-order valence-electron chi connectivity index (χ4n) is 3.96. The molecule has 1 amide bonds. The summed E-state index contributed by atoms with van der Waals surface area (Å²) < 4.78 is 0. The number of carbonyl (C=O) groups excluding carboxylic acids is 1. The number of piperidine rings is 1. The van der Waals surface area contributed by atoms with Crippen molar-refractivity contribution in [2.24, 2.45) is 5.92 Å². The zero-order valence-corrected chi connectivity index (χ0v) is 17.5. The first kappa shape index (κ1) is 20.1. The second-order valence-electron chi connectivity index (χ2n) is 7.70. The van der Waals surface area contributed by atoms with Crippen molar-refractivity contribution in [2.75, 3.05) is 32.7 Å². The number of benzene rings is 1. The molecule has 0 saturated carbocycles. The van der Waals surface area contributed by atoms with Crippen LogP contribution in [0.3, 0.4) is 0 Å². The molecular weight excluding hydrogens is 352 g/mol. The van der Waals surface area contributed by atoms with Crippen LogP contribution in [0.2, 0.25) is 0 Å². The van der Waals surface area contributed by atoms with Gasteiger partial charge in [-0.2, -0.15) is 11.3 Å². The quantitative estimate of drug-likeness (QED) is 0.673. The lowest BCUT2D eigenvalue weighted by Crippen LogP contribution is -2.41. The minimum Gasteiger partial charge on any atom is -0.342 e. The summed E-state index contributed by atoms with van der Waals surface area (Å²) in [6.45, 7) is 9.50. The van der Waals surface area contributed by atoms with Crippen LogP contribution in [0.15, 0.2) is 41.1 Å². The maximum absolute atomic E-state index is 12.6. The number of rotatable bonds is 8. The lowest BCUT2D eigenvalue weighted by molar-refractivity contribution is -0.131. The highest BCUT2D eigenvalue weighted by molar-refractivity contribution is 7.08. The van der Waals surface area contributed by atoms with Gasteiger partial charge in [-0.3, -0.25) is 4.79 Å². The molecule has 1 aliphatic heterocycles. The zero-order valence-electron chi connectivity index (χ0n) is 16.7. The van der Waals surface area contributed by atoms with Gasteiger partial charge in [-0.15, -0.1) is 0 Å². The summed E-state index contributed by atoms with van der Waals surface area (Å²) in [4.78, 5) is 17.2. The van der Waals surface area contributed by atoms with E-state index in [0.717, 1.165) is 44.7 Å². The predicted molar refractivity (Wildman–Crippen MR) is 114 cm³/mol. The van der Waals surface area contributed by atoms with Gasteiger partial charge in [0.25, 0.3) is 0 Å². The van der Waals surface area contributed by atoms with Crippen LogP contribution in [-0.2, 0) is 17.6 Å². The molecule has 1 aromatic carbocycles. The average molecular weight is 385 g/mol. The summed E-state index contributed by atoms with van der Waals surface area (Å²) in [6.07, 6.45) is 4.09. The van der Waals surface area contributed by atoms with E-state index in [1.54, 1.807) is 11.3 Å². The van der Waals surface area contributed by atoms with Crippen molar-refractivity contribution < 1.29 is 4.79 Å². The number of hydrogen-bond acceptors (Lipinski definition) is 3. The molecule has 0 spiro atoms. The van der Waals surface area contributed by atoms with Crippen molar-refractivity contribution in [3.8, 4) is 0 Å². The highest BCUT2D eigenvalue weighted by Gasteiger charge is 2.23. The number of carbonyl (C=O) groups is 1. The Morgan fingerprint density at radius 1 is 1.22 bits per heavy atom. The first-order chi connectivity index (χ1) is 13.2. The predicted octanol–water partition coefficient (Wildman–Crippen LogP) is 4.40. The van der Waals surface area contributed by atoms with E-state index in [0.29, 0.717) is 12.3 Å². The second-order valence-corrected chi connectivity index (χ2v) is 8.48. The SMILES string of the molecule is CCN(CC1CCN(CCc2ccccc2C)CC1)C(=O)Cc1ccsc1. The summed E-state index contributed by atoms with van der Waals surface area (Å²) >= 11 is 1.66. The molecular formula is C23H32N2OS. The first-order valence-electron chi connectivity index (χ1n) is 10.2. The highest BCUT2D eigenvalue weighted by atomic mass is 32.1. The van der Waals surface area contributed by atoms with Crippen molar-refractivity contribution in [1.29, 1.82) is 0 Å². The van der Waals surface area contributed by atoms with Gasteiger partial charge in [0.2, 0.25) is 5.91 Å². The molecule has 0 radical (unpaired) electrons. The van der Waals surface area contributed by atoms with Crippen LogP contribution in [0.25, 0.3) is 0 Å². The molecule has 1 saturated heterocycles. The van der Waals surface area contributed by atoms with E-state index in [1.165, 1.54) is 24.0 Å². The molecule has 2 heterocycles. The summed E-state index contributed by atoms with van der Waals surface area (Å²) in [5, 5.41) is 4.13. The lowest BCUT2D eigenvalue weighted by atomic mass is 9.95. The van der Waals surface area contributed by atoms with Crippen LogP contribution in [-0.4, -0.2) is 48.4 Å². The Kier molecular flexibility index (Phi) is 7.48. The number of likely N-dealkylation sites (N-methyl/N-ethyl adjacent to an activating group) is 1. The third-order valence-corrected chi connectivity index (χ3v) is 6.55. The number of aryl methyl sites for hydroxylation is 1. The van der Waals surface area contributed by atoms with Gasteiger partial charge in [-0.05, 0) is 85.6 Å². The molecule has 0 N–H and O–H groups in total. The third-order valence-electron chi connectivity index (χ3n) is 5.81. The molecule has 1 aromatic heterocycles. The van der Waals surface area contributed by atoms with Crippen LogP contribution in [0.5, 0.6) is 0 Å². The summed E-state index contributed by atoms with van der Waals surface area (Å²) in [5.41, 5.74) is 4.01. The number of nitrogens with zero attached hydrogens (tertiary/aromatic N) is 2. The van der Waals surface area contributed by atoms with Gasteiger partial charge < -0.3 is 9.80 Å². The monoisotopic (exact) mass is 384 g/mol. The molecule has 1 fully saturated rings. The third kappa shape index (κ3) is 5.91. The van der Waals surface area contributed by atoms with E-state index in [2.05, 4.69) is 59.4 Å². The van der Waals surface area contributed by atoms with Gasteiger partial charge in [0, 0.05) is 19.6 Å². The Bertz CT molecular complexity index is 705. The van der Waals surface area contributed by atoms with E-state index < -0.39 is 0 Å².